The van der Waals surface area contributed by atoms with E-state index in [9.17, 15) is 4.79 Å². The zero-order valence-electron chi connectivity index (χ0n) is 13.9. The van der Waals surface area contributed by atoms with Crippen molar-refractivity contribution in [2.24, 2.45) is 0 Å². The molecule has 0 radical (unpaired) electrons. The van der Waals surface area contributed by atoms with Crippen LogP contribution in [-0.2, 0) is 11.3 Å². The second-order valence-electron chi connectivity index (χ2n) is 5.57. The van der Waals surface area contributed by atoms with Crippen LogP contribution in [0.1, 0.15) is 16.2 Å². The zero-order chi connectivity index (χ0) is 17.9. The van der Waals surface area contributed by atoms with Crippen LogP contribution in [-0.4, -0.2) is 32.7 Å². The Morgan fingerprint density at radius 1 is 1.23 bits per heavy atom. The third kappa shape index (κ3) is 3.05. The number of amides is 1. The Labute approximate surface area is 148 Å². The number of fused-ring (bicyclic) bond motifs is 1. The summed E-state index contributed by atoms with van der Waals surface area (Å²) in [5.74, 6) is 0.817. The lowest BCUT2D eigenvalue weighted by molar-refractivity contribution is 0.101. The van der Waals surface area contributed by atoms with Gasteiger partial charge in [-0.2, -0.15) is 0 Å². The van der Waals surface area contributed by atoms with Crippen molar-refractivity contribution in [3.05, 3.63) is 66.4 Å². The van der Waals surface area contributed by atoms with Crippen molar-refractivity contribution in [2.75, 3.05) is 12.4 Å². The molecule has 3 heterocycles. The van der Waals surface area contributed by atoms with Crippen LogP contribution >= 0.6 is 0 Å². The van der Waals surface area contributed by atoms with E-state index >= 15 is 0 Å². The number of methoxy groups -OCH3 is 1. The van der Waals surface area contributed by atoms with Gasteiger partial charge in [0.05, 0.1) is 22.9 Å². The Bertz CT molecular complexity index is 1050. The van der Waals surface area contributed by atoms with E-state index in [1.165, 1.54) is 6.07 Å². The summed E-state index contributed by atoms with van der Waals surface area (Å²) in [6.07, 6.45) is 3.30. The molecule has 3 aromatic heterocycles. The van der Waals surface area contributed by atoms with Crippen LogP contribution in [0, 0.1) is 0 Å². The molecule has 8 heteroatoms. The van der Waals surface area contributed by atoms with Crippen LogP contribution < -0.4 is 5.32 Å². The van der Waals surface area contributed by atoms with E-state index in [2.05, 4.69) is 20.4 Å². The van der Waals surface area contributed by atoms with Crippen LogP contribution in [0.25, 0.3) is 16.9 Å². The number of rotatable bonds is 5. The summed E-state index contributed by atoms with van der Waals surface area (Å²) < 4.78 is 11.8. The van der Waals surface area contributed by atoms with Crippen molar-refractivity contribution in [2.45, 2.75) is 6.61 Å². The van der Waals surface area contributed by atoms with Gasteiger partial charge in [-0.05, 0) is 24.3 Å². The van der Waals surface area contributed by atoms with Gasteiger partial charge < -0.3 is 14.6 Å². The number of hydrogen-bond acceptors (Lipinski definition) is 6. The molecule has 1 aromatic carbocycles. The summed E-state index contributed by atoms with van der Waals surface area (Å²) >= 11 is 0. The van der Waals surface area contributed by atoms with E-state index in [1.54, 1.807) is 25.7 Å². The molecule has 0 aliphatic heterocycles. The van der Waals surface area contributed by atoms with Crippen molar-refractivity contribution >= 4 is 22.6 Å². The number of carbonyl (C=O) groups is 1. The van der Waals surface area contributed by atoms with Gasteiger partial charge in [0.25, 0.3) is 5.91 Å². The molecule has 0 bridgehead atoms. The molecule has 0 saturated heterocycles. The molecule has 0 saturated carbocycles. The fourth-order valence-corrected chi connectivity index (χ4v) is 2.57. The highest BCUT2D eigenvalue weighted by Crippen LogP contribution is 2.18. The number of pyridine rings is 1. The second-order valence-corrected chi connectivity index (χ2v) is 5.57. The highest BCUT2D eigenvalue weighted by molar-refractivity contribution is 6.02. The average molecular weight is 349 g/mol. The Balaban J connectivity index is 1.51. The van der Waals surface area contributed by atoms with Crippen LogP contribution in [0.5, 0.6) is 0 Å². The van der Waals surface area contributed by atoms with E-state index < -0.39 is 0 Å². The minimum Gasteiger partial charge on any atom is -0.377 e. The first-order chi connectivity index (χ1) is 12.7. The maximum absolute atomic E-state index is 12.2. The highest BCUT2D eigenvalue weighted by atomic mass is 16.5. The molecular formula is C18H15N5O3. The van der Waals surface area contributed by atoms with Gasteiger partial charge in [0.1, 0.15) is 18.8 Å². The van der Waals surface area contributed by atoms with Crippen molar-refractivity contribution < 1.29 is 14.1 Å². The molecule has 0 aliphatic carbocycles. The third-order valence-corrected chi connectivity index (χ3v) is 3.78. The van der Waals surface area contributed by atoms with Gasteiger partial charge in [-0.1, -0.05) is 17.3 Å². The normalized spacial score (nSPS) is 11.0. The van der Waals surface area contributed by atoms with Crippen molar-refractivity contribution in [3.63, 3.8) is 0 Å². The van der Waals surface area contributed by atoms with Crippen LogP contribution in [0.4, 0.5) is 5.69 Å². The summed E-state index contributed by atoms with van der Waals surface area (Å²) in [6.45, 7) is 0.259. The number of carbonyl (C=O) groups excluding carboxylic acids is 1. The molecule has 1 amide bonds. The van der Waals surface area contributed by atoms with E-state index in [-0.39, 0.29) is 18.2 Å². The van der Waals surface area contributed by atoms with E-state index in [0.29, 0.717) is 17.3 Å². The summed E-state index contributed by atoms with van der Waals surface area (Å²) in [5, 5.41) is 6.46. The van der Waals surface area contributed by atoms with Crippen LogP contribution in [0.3, 0.4) is 0 Å². The molecule has 0 fully saturated rings. The van der Waals surface area contributed by atoms with Crippen LogP contribution in [0.2, 0.25) is 0 Å². The molecule has 4 aromatic rings. The summed E-state index contributed by atoms with van der Waals surface area (Å²) in [5.41, 5.74) is 2.59. The summed E-state index contributed by atoms with van der Waals surface area (Å²) in [7, 11) is 1.54. The number of anilines is 1. The number of para-hydroxylation sites is 2. The molecule has 130 valence electrons. The van der Waals surface area contributed by atoms with Gasteiger partial charge in [-0.3, -0.25) is 9.36 Å². The molecule has 0 unspecified atom stereocenters. The third-order valence-electron chi connectivity index (χ3n) is 3.78. The van der Waals surface area contributed by atoms with E-state index in [4.69, 9.17) is 9.26 Å². The number of hydrogen-bond donors (Lipinski definition) is 1. The van der Waals surface area contributed by atoms with Gasteiger partial charge in [0.2, 0.25) is 0 Å². The lowest BCUT2D eigenvalue weighted by Gasteiger charge is -2.06. The lowest BCUT2D eigenvalue weighted by atomic mass is 10.3. The Morgan fingerprint density at radius 3 is 2.92 bits per heavy atom. The summed E-state index contributed by atoms with van der Waals surface area (Å²) in [4.78, 5) is 20.9. The van der Waals surface area contributed by atoms with Gasteiger partial charge in [-0.25, -0.2) is 9.97 Å². The number of benzene rings is 1. The second kappa shape index (κ2) is 6.77. The smallest absolute Gasteiger partial charge is 0.277 e. The largest absolute Gasteiger partial charge is 0.377 e. The first-order valence-corrected chi connectivity index (χ1v) is 7.89. The van der Waals surface area contributed by atoms with Crippen molar-refractivity contribution in [1.82, 2.24) is 19.7 Å². The standard InChI is InChI=1S/C18H15N5O3/c1-25-10-13-8-15(22-26-13)18(24)21-12-6-7-17(19-9-12)23-11-20-14-4-2-3-5-16(14)23/h2-9,11H,10H2,1H3,(H,21,24). The van der Waals surface area contributed by atoms with Crippen molar-refractivity contribution in [3.8, 4) is 5.82 Å². The zero-order valence-corrected chi connectivity index (χ0v) is 13.9. The topological polar surface area (TPSA) is 95.1 Å². The number of imidazole rings is 1. The Morgan fingerprint density at radius 2 is 2.12 bits per heavy atom. The SMILES string of the molecule is COCc1cc(C(=O)Nc2ccc(-n3cnc4ccccc43)nc2)no1. The fourth-order valence-electron chi connectivity index (χ4n) is 2.57. The van der Waals surface area contributed by atoms with Crippen LogP contribution in [0.15, 0.2) is 59.5 Å². The van der Waals surface area contributed by atoms with Gasteiger partial charge in [0, 0.05) is 13.2 Å². The molecule has 1 N–H and O–H groups in total. The molecular weight excluding hydrogens is 334 g/mol. The maximum Gasteiger partial charge on any atom is 0.277 e. The minimum absolute atomic E-state index is 0.182. The quantitative estimate of drug-likeness (QED) is 0.595. The van der Waals surface area contributed by atoms with Gasteiger partial charge in [-0.15, -0.1) is 0 Å². The minimum atomic E-state index is -0.376. The average Bonchev–Trinajstić information content (AvgIpc) is 3.30. The summed E-state index contributed by atoms with van der Waals surface area (Å²) in [6, 6.07) is 12.9. The Hall–Kier alpha value is -3.52. The molecule has 0 spiro atoms. The predicted molar refractivity (Wildman–Crippen MR) is 94.0 cm³/mol. The molecule has 0 atom stereocenters. The van der Waals surface area contributed by atoms with E-state index in [1.807, 2.05) is 34.9 Å². The molecule has 0 aliphatic rings. The number of ether oxygens (including phenoxy) is 1. The maximum atomic E-state index is 12.2. The first-order valence-electron chi connectivity index (χ1n) is 7.89. The molecule has 26 heavy (non-hydrogen) atoms. The number of nitrogens with one attached hydrogen (secondary N) is 1. The first kappa shape index (κ1) is 16.0. The molecule has 4 rings (SSSR count). The fraction of sp³-hybridized carbons (Fsp3) is 0.111. The number of aromatic nitrogens is 4. The number of nitrogens with zero attached hydrogens (tertiary/aromatic N) is 4. The Kier molecular flexibility index (Phi) is 4.16. The van der Waals surface area contributed by atoms with Crippen molar-refractivity contribution in [1.29, 1.82) is 0 Å². The monoisotopic (exact) mass is 349 g/mol. The highest BCUT2D eigenvalue weighted by Gasteiger charge is 2.13. The lowest BCUT2D eigenvalue weighted by Crippen LogP contribution is -2.12. The molecule has 8 nitrogen and oxygen atoms in total. The van der Waals surface area contributed by atoms with Gasteiger partial charge >= 0.3 is 0 Å². The van der Waals surface area contributed by atoms with E-state index in [0.717, 1.165) is 11.0 Å². The predicted octanol–water partition coefficient (Wildman–Crippen LogP) is 2.81. The van der Waals surface area contributed by atoms with Gasteiger partial charge in [0.15, 0.2) is 11.5 Å².